The van der Waals surface area contributed by atoms with Crippen LogP contribution in [0.15, 0.2) is 52.9 Å². The molecular formula is C19H16N2O6. The molecule has 0 bridgehead atoms. The van der Waals surface area contributed by atoms with Gasteiger partial charge in [-0.25, -0.2) is 0 Å². The maximum absolute atomic E-state index is 12.4. The molecule has 1 N–H and O–H groups in total. The molecule has 0 aliphatic heterocycles. The number of hydrogen-bond donors (Lipinski definition) is 1. The van der Waals surface area contributed by atoms with Gasteiger partial charge in [0.1, 0.15) is 17.0 Å². The van der Waals surface area contributed by atoms with Crippen molar-refractivity contribution >= 4 is 28.7 Å². The summed E-state index contributed by atoms with van der Waals surface area (Å²) in [7, 11) is 0. The Kier molecular flexibility index (Phi) is 5.16. The lowest BCUT2D eigenvalue weighted by Crippen LogP contribution is -2.30. The highest BCUT2D eigenvalue weighted by Gasteiger charge is 2.28. The lowest BCUT2D eigenvalue weighted by Gasteiger charge is -2.05. The zero-order valence-electron chi connectivity index (χ0n) is 14.4. The van der Waals surface area contributed by atoms with Crippen LogP contribution in [0.4, 0.5) is 5.88 Å². The first-order valence-electron chi connectivity index (χ1n) is 8.22. The third kappa shape index (κ3) is 3.64. The lowest BCUT2D eigenvalue weighted by molar-refractivity contribution is -0.400. The summed E-state index contributed by atoms with van der Waals surface area (Å²) in [6.45, 7) is 1.56. The molecule has 8 heteroatoms. The number of nitro groups is 1. The molecule has 3 rings (SSSR count). The molecule has 0 spiro atoms. The van der Waals surface area contributed by atoms with Crippen molar-refractivity contribution < 1.29 is 23.7 Å². The fourth-order valence-electron chi connectivity index (χ4n) is 2.76. The van der Waals surface area contributed by atoms with Gasteiger partial charge in [0.05, 0.1) is 12.2 Å². The highest BCUT2D eigenvalue weighted by atomic mass is 16.6. The molecule has 1 aromatic heterocycles. The summed E-state index contributed by atoms with van der Waals surface area (Å²) in [4.78, 5) is 34.7. The van der Waals surface area contributed by atoms with E-state index in [1.165, 1.54) is 6.07 Å². The number of esters is 1. The van der Waals surface area contributed by atoms with Crippen molar-refractivity contribution in [1.29, 1.82) is 0 Å². The van der Waals surface area contributed by atoms with Gasteiger partial charge in [0.15, 0.2) is 5.58 Å². The van der Waals surface area contributed by atoms with Crippen LogP contribution in [-0.4, -0.2) is 30.0 Å². The van der Waals surface area contributed by atoms with Gasteiger partial charge < -0.3 is 14.5 Å². The summed E-state index contributed by atoms with van der Waals surface area (Å²) in [5.41, 5.74) is 1.09. The van der Waals surface area contributed by atoms with Crippen molar-refractivity contribution in [2.75, 3.05) is 13.2 Å². The quantitative estimate of drug-likeness (QED) is 0.406. The minimum Gasteiger partial charge on any atom is -0.465 e. The van der Waals surface area contributed by atoms with Gasteiger partial charge in [0.2, 0.25) is 0 Å². The predicted molar refractivity (Wildman–Crippen MR) is 97.3 cm³/mol. The van der Waals surface area contributed by atoms with Crippen LogP contribution in [0, 0.1) is 10.1 Å². The van der Waals surface area contributed by atoms with Crippen LogP contribution in [0.2, 0.25) is 0 Å². The van der Waals surface area contributed by atoms with Crippen molar-refractivity contribution in [3.8, 4) is 11.1 Å². The van der Waals surface area contributed by atoms with Crippen LogP contribution < -0.4 is 5.32 Å². The molecular weight excluding hydrogens is 352 g/mol. The van der Waals surface area contributed by atoms with Crippen LogP contribution in [0.1, 0.15) is 17.3 Å². The average Bonchev–Trinajstić information content (AvgIpc) is 3.07. The van der Waals surface area contributed by atoms with E-state index in [0.29, 0.717) is 16.5 Å². The number of nitrogens with one attached hydrogen (secondary N) is 1. The zero-order chi connectivity index (χ0) is 19.4. The second kappa shape index (κ2) is 7.69. The van der Waals surface area contributed by atoms with Crippen LogP contribution in [0.25, 0.3) is 22.1 Å². The van der Waals surface area contributed by atoms with Crippen LogP contribution in [0.3, 0.4) is 0 Å². The molecule has 2 aromatic carbocycles. The number of furan rings is 1. The fourth-order valence-corrected chi connectivity index (χ4v) is 2.76. The first kappa shape index (κ1) is 18.1. The topological polar surface area (TPSA) is 112 Å². The summed E-state index contributed by atoms with van der Waals surface area (Å²) < 4.78 is 10.2. The van der Waals surface area contributed by atoms with E-state index >= 15 is 0 Å². The summed E-state index contributed by atoms with van der Waals surface area (Å²) >= 11 is 0. The molecule has 138 valence electrons. The molecule has 0 aliphatic carbocycles. The van der Waals surface area contributed by atoms with E-state index in [1.807, 2.05) is 0 Å². The molecule has 1 amide bonds. The smallest absolute Gasteiger partial charge is 0.442 e. The summed E-state index contributed by atoms with van der Waals surface area (Å²) in [5.74, 6) is -1.60. The molecule has 0 atom stereocenters. The van der Waals surface area contributed by atoms with E-state index in [2.05, 4.69) is 5.32 Å². The lowest BCUT2D eigenvalue weighted by atomic mass is 10.0. The Balaban J connectivity index is 2.05. The fraction of sp³-hybridized carbons (Fsp3) is 0.158. The van der Waals surface area contributed by atoms with Crippen LogP contribution >= 0.6 is 0 Å². The minimum atomic E-state index is -0.622. The zero-order valence-corrected chi connectivity index (χ0v) is 14.4. The highest BCUT2D eigenvalue weighted by Crippen LogP contribution is 2.40. The van der Waals surface area contributed by atoms with Gasteiger partial charge in [-0.05, 0) is 18.6 Å². The SMILES string of the molecule is CCOC(=O)CNC(=O)c1cccc2c(-c3ccccc3)c([N+](=O)[O-])oc12. The summed E-state index contributed by atoms with van der Waals surface area (Å²) in [6.07, 6.45) is 0. The predicted octanol–water partition coefficient (Wildman–Crippen LogP) is 3.30. The number of nitrogens with zero attached hydrogens (tertiary/aromatic N) is 1. The minimum absolute atomic E-state index is 0.0874. The molecule has 0 unspecified atom stereocenters. The van der Waals surface area contributed by atoms with Gasteiger partial charge in [0.25, 0.3) is 5.91 Å². The number of carbonyl (C=O) groups excluding carboxylic acids is 2. The Bertz CT molecular complexity index is 1010. The standard InChI is InChI=1S/C19H16N2O6/c1-2-26-15(22)11-20-18(23)14-10-6-9-13-16(12-7-4-3-5-8-12)19(21(24)25)27-17(13)14/h3-10H,2,11H2,1H3,(H,20,23). The number of para-hydroxylation sites is 1. The van der Waals surface area contributed by atoms with Crippen molar-refractivity contribution in [1.82, 2.24) is 5.32 Å². The van der Waals surface area contributed by atoms with Gasteiger partial charge in [-0.2, -0.15) is 0 Å². The van der Waals surface area contributed by atoms with Crippen LogP contribution in [0.5, 0.6) is 0 Å². The molecule has 0 saturated carbocycles. The van der Waals surface area contributed by atoms with E-state index in [0.717, 1.165) is 0 Å². The molecule has 1 heterocycles. The molecule has 0 radical (unpaired) electrons. The number of amides is 1. The first-order valence-corrected chi connectivity index (χ1v) is 8.22. The van der Waals surface area contributed by atoms with Crippen molar-refractivity contribution in [3.63, 3.8) is 0 Å². The molecule has 0 aliphatic rings. The van der Waals surface area contributed by atoms with E-state index in [9.17, 15) is 19.7 Å². The van der Waals surface area contributed by atoms with Crippen LogP contribution in [-0.2, 0) is 9.53 Å². The molecule has 3 aromatic rings. The second-order valence-electron chi connectivity index (χ2n) is 5.58. The highest BCUT2D eigenvalue weighted by molar-refractivity contribution is 6.10. The normalized spacial score (nSPS) is 10.6. The van der Waals surface area contributed by atoms with E-state index in [-0.39, 0.29) is 24.3 Å². The van der Waals surface area contributed by atoms with Gasteiger partial charge >= 0.3 is 11.9 Å². The third-order valence-electron chi connectivity index (χ3n) is 3.87. The maximum Gasteiger partial charge on any atom is 0.442 e. The van der Waals surface area contributed by atoms with Crippen molar-refractivity contribution in [3.05, 3.63) is 64.2 Å². The molecule has 8 nitrogen and oxygen atoms in total. The average molecular weight is 368 g/mol. The Hall–Kier alpha value is -3.68. The van der Waals surface area contributed by atoms with Gasteiger partial charge in [-0.15, -0.1) is 0 Å². The first-order chi connectivity index (χ1) is 13.0. The number of fused-ring (bicyclic) bond motifs is 1. The van der Waals surface area contributed by atoms with Crippen molar-refractivity contribution in [2.24, 2.45) is 0 Å². The number of carbonyl (C=O) groups is 2. The van der Waals surface area contributed by atoms with E-state index in [1.54, 1.807) is 49.4 Å². The number of benzene rings is 2. The summed E-state index contributed by atoms with van der Waals surface area (Å²) in [6, 6.07) is 13.5. The maximum atomic E-state index is 12.4. The Morgan fingerprint density at radius 2 is 1.89 bits per heavy atom. The molecule has 27 heavy (non-hydrogen) atoms. The second-order valence-corrected chi connectivity index (χ2v) is 5.58. The van der Waals surface area contributed by atoms with Gasteiger partial charge in [0, 0.05) is 5.39 Å². The van der Waals surface area contributed by atoms with Gasteiger partial charge in [-0.3, -0.25) is 19.7 Å². The van der Waals surface area contributed by atoms with Gasteiger partial charge in [-0.1, -0.05) is 42.5 Å². The number of hydrogen-bond acceptors (Lipinski definition) is 6. The largest absolute Gasteiger partial charge is 0.465 e. The Morgan fingerprint density at radius 1 is 1.15 bits per heavy atom. The van der Waals surface area contributed by atoms with E-state index < -0.39 is 22.7 Å². The monoisotopic (exact) mass is 368 g/mol. The van der Waals surface area contributed by atoms with Crippen molar-refractivity contribution in [2.45, 2.75) is 6.92 Å². The van der Waals surface area contributed by atoms with E-state index in [4.69, 9.17) is 9.15 Å². The number of ether oxygens (including phenoxy) is 1. The molecule has 0 saturated heterocycles. The summed E-state index contributed by atoms with van der Waals surface area (Å²) in [5, 5.41) is 14.4. The third-order valence-corrected chi connectivity index (χ3v) is 3.87. The Morgan fingerprint density at radius 3 is 2.56 bits per heavy atom. The number of rotatable bonds is 6. The Labute approximate surface area is 153 Å². The molecule has 0 fully saturated rings.